The molecule has 3 aromatic heterocycles. The molecule has 184 valence electrons. The lowest BCUT2D eigenvalue weighted by molar-refractivity contribution is 0.0945. The van der Waals surface area contributed by atoms with Crippen molar-refractivity contribution >= 4 is 39.4 Å². The molecule has 38 heavy (non-hydrogen) atoms. The topological polar surface area (TPSA) is 92.8 Å². The van der Waals surface area contributed by atoms with Gasteiger partial charge in [-0.25, -0.2) is 4.98 Å². The van der Waals surface area contributed by atoms with Gasteiger partial charge in [-0.2, -0.15) is 0 Å². The summed E-state index contributed by atoms with van der Waals surface area (Å²) in [6, 6.07) is 21.1. The van der Waals surface area contributed by atoms with Gasteiger partial charge in [-0.1, -0.05) is 54.1 Å². The first kappa shape index (κ1) is 22.4. The maximum absolute atomic E-state index is 13.8. The molecule has 0 saturated carbocycles. The molecule has 6 aromatic rings. The number of ether oxygens (including phenoxy) is 1. The number of amides is 1. The molecule has 7 rings (SSSR count). The zero-order valence-electron chi connectivity index (χ0n) is 20.2. The Kier molecular flexibility index (Phi) is 5.13. The van der Waals surface area contributed by atoms with Crippen LogP contribution < -0.4 is 10.1 Å². The van der Waals surface area contributed by atoms with E-state index in [-0.39, 0.29) is 17.0 Å². The summed E-state index contributed by atoms with van der Waals surface area (Å²) >= 11 is 6.54. The van der Waals surface area contributed by atoms with E-state index in [1.165, 1.54) is 6.20 Å². The second-order valence-electron chi connectivity index (χ2n) is 9.11. The molecule has 8 heteroatoms. The summed E-state index contributed by atoms with van der Waals surface area (Å²) in [5.74, 6) is 1.09. The molecule has 0 fully saturated rings. The number of rotatable bonds is 4. The van der Waals surface area contributed by atoms with Crippen molar-refractivity contribution in [3.05, 3.63) is 107 Å². The van der Waals surface area contributed by atoms with E-state index >= 15 is 0 Å². The lowest BCUT2D eigenvalue weighted by Crippen LogP contribution is -2.28. The third-order valence-corrected chi connectivity index (χ3v) is 7.31. The number of hydrogen-bond donors (Lipinski definition) is 2. The molecule has 3 heterocycles. The van der Waals surface area contributed by atoms with Gasteiger partial charge < -0.3 is 15.0 Å². The largest absolute Gasteiger partial charge is 0.497 e. The normalized spacial score (nSPS) is 13.9. The summed E-state index contributed by atoms with van der Waals surface area (Å²) < 4.78 is 5.38. The Bertz CT molecular complexity index is 1860. The summed E-state index contributed by atoms with van der Waals surface area (Å²) in [6.45, 7) is 0. The number of carbonyl (C=O) groups excluding carboxylic acids is 1. The second-order valence-corrected chi connectivity index (χ2v) is 9.51. The maximum atomic E-state index is 13.8. The molecule has 1 amide bonds. The average molecular weight is 518 g/mol. The van der Waals surface area contributed by atoms with Gasteiger partial charge in [0.25, 0.3) is 5.91 Å². The molecule has 2 N–H and O–H groups in total. The highest BCUT2D eigenvalue weighted by Crippen LogP contribution is 2.48. The van der Waals surface area contributed by atoms with Gasteiger partial charge in [0.1, 0.15) is 11.6 Å². The van der Waals surface area contributed by atoms with Gasteiger partial charge >= 0.3 is 0 Å². The van der Waals surface area contributed by atoms with Crippen molar-refractivity contribution in [2.24, 2.45) is 0 Å². The number of halogens is 1. The Morgan fingerprint density at radius 2 is 1.82 bits per heavy atom. The number of carbonyl (C=O) groups is 1. The van der Waals surface area contributed by atoms with E-state index in [2.05, 4.69) is 26.3 Å². The Labute approximate surface area is 222 Å². The predicted molar refractivity (Wildman–Crippen MR) is 147 cm³/mol. The highest BCUT2D eigenvalue weighted by Gasteiger charge is 2.33. The number of hydrogen-bond acceptors (Lipinski definition) is 5. The fourth-order valence-corrected chi connectivity index (χ4v) is 5.54. The van der Waals surface area contributed by atoms with Crippen LogP contribution in [-0.4, -0.2) is 33.0 Å². The standard InChI is InChI=1S/C30H20ClN5O2/c1-38-16-9-10-23-21(13-16)27(22(31)14-33-23)30(37)36-28-18-6-3-2-5-17(18)26-19(28)7-4-8-20(26)29-34-24-11-12-32-15-25(24)35-29/h2-15,28H,1H3,(H,34,35)(H,36,37). The zero-order valence-corrected chi connectivity index (χ0v) is 21.0. The summed E-state index contributed by atoms with van der Waals surface area (Å²) in [5.41, 5.74) is 7.78. The molecule has 1 aliphatic carbocycles. The minimum Gasteiger partial charge on any atom is -0.497 e. The van der Waals surface area contributed by atoms with Crippen LogP contribution in [0.3, 0.4) is 0 Å². The molecule has 7 nitrogen and oxygen atoms in total. The number of aromatic nitrogens is 4. The Morgan fingerprint density at radius 3 is 2.68 bits per heavy atom. The third-order valence-electron chi connectivity index (χ3n) is 7.02. The number of H-pyrrole nitrogens is 1. The highest BCUT2D eigenvalue weighted by atomic mass is 35.5. The smallest absolute Gasteiger partial charge is 0.254 e. The lowest BCUT2D eigenvalue weighted by atomic mass is 9.98. The van der Waals surface area contributed by atoms with Crippen molar-refractivity contribution in [2.45, 2.75) is 6.04 Å². The van der Waals surface area contributed by atoms with E-state index < -0.39 is 0 Å². The molecule has 1 atom stereocenters. The number of aromatic amines is 1. The van der Waals surface area contributed by atoms with Gasteiger partial charge in [0, 0.05) is 23.3 Å². The van der Waals surface area contributed by atoms with Crippen LogP contribution in [0.15, 0.2) is 85.3 Å². The Morgan fingerprint density at radius 1 is 0.974 bits per heavy atom. The number of pyridine rings is 2. The summed E-state index contributed by atoms with van der Waals surface area (Å²) in [5, 5.41) is 4.16. The molecule has 0 saturated heterocycles. The summed E-state index contributed by atoms with van der Waals surface area (Å²) in [6.07, 6.45) is 5.01. The monoisotopic (exact) mass is 517 g/mol. The number of nitrogens with zero attached hydrogens (tertiary/aromatic N) is 3. The number of methoxy groups -OCH3 is 1. The molecule has 0 spiro atoms. The van der Waals surface area contributed by atoms with Gasteiger partial charge in [-0.05, 0) is 46.5 Å². The first-order valence-electron chi connectivity index (χ1n) is 12.1. The number of fused-ring (bicyclic) bond motifs is 5. The van der Waals surface area contributed by atoms with Gasteiger partial charge in [0.05, 0.1) is 46.5 Å². The molecule has 3 aromatic carbocycles. The highest BCUT2D eigenvalue weighted by molar-refractivity contribution is 6.35. The zero-order chi connectivity index (χ0) is 25.8. The quantitative estimate of drug-likeness (QED) is 0.285. The van der Waals surface area contributed by atoms with Crippen LogP contribution in [0.1, 0.15) is 27.5 Å². The average Bonchev–Trinajstić information content (AvgIpc) is 3.52. The Hall–Kier alpha value is -4.75. The number of nitrogens with one attached hydrogen (secondary N) is 2. The molecule has 0 bridgehead atoms. The van der Waals surface area contributed by atoms with E-state index in [0.717, 1.165) is 44.7 Å². The third kappa shape index (κ3) is 3.43. The van der Waals surface area contributed by atoms with Crippen LogP contribution in [0.25, 0.3) is 44.5 Å². The number of benzene rings is 3. The lowest BCUT2D eigenvalue weighted by Gasteiger charge is -2.18. The predicted octanol–water partition coefficient (Wildman–Crippen LogP) is 6.33. The van der Waals surface area contributed by atoms with Crippen LogP contribution in [0.5, 0.6) is 5.75 Å². The van der Waals surface area contributed by atoms with Gasteiger partial charge in [-0.3, -0.25) is 14.8 Å². The van der Waals surface area contributed by atoms with E-state index in [1.54, 1.807) is 25.6 Å². The van der Waals surface area contributed by atoms with Crippen molar-refractivity contribution < 1.29 is 9.53 Å². The molecule has 0 radical (unpaired) electrons. The fourth-order valence-electron chi connectivity index (χ4n) is 5.30. The van der Waals surface area contributed by atoms with E-state index in [0.29, 0.717) is 22.2 Å². The SMILES string of the molecule is COc1ccc2ncc(Cl)c(C(=O)NC3c4ccccc4-c4c(-c5nc6ccncc6[nH]5)cccc43)c2c1. The van der Waals surface area contributed by atoms with Crippen LogP contribution in [0, 0.1) is 0 Å². The second kappa shape index (κ2) is 8.68. The van der Waals surface area contributed by atoms with Gasteiger partial charge in [0.15, 0.2) is 0 Å². The first-order valence-corrected chi connectivity index (χ1v) is 12.5. The van der Waals surface area contributed by atoms with Crippen molar-refractivity contribution in [3.63, 3.8) is 0 Å². The van der Waals surface area contributed by atoms with Crippen LogP contribution in [0.4, 0.5) is 0 Å². The Balaban J connectivity index is 1.36. The van der Waals surface area contributed by atoms with E-state index in [1.807, 2.05) is 54.6 Å². The van der Waals surface area contributed by atoms with Crippen LogP contribution in [-0.2, 0) is 0 Å². The van der Waals surface area contributed by atoms with E-state index in [9.17, 15) is 4.79 Å². The minimum atomic E-state index is -0.371. The molecule has 1 aliphatic rings. The number of imidazole rings is 1. The molecular weight excluding hydrogens is 498 g/mol. The van der Waals surface area contributed by atoms with Crippen LogP contribution >= 0.6 is 11.6 Å². The minimum absolute atomic E-state index is 0.277. The maximum Gasteiger partial charge on any atom is 0.254 e. The van der Waals surface area contributed by atoms with E-state index in [4.69, 9.17) is 21.3 Å². The van der Waals surface area contributed by atoms with Crippen molar-refractivity contribution in [2.75, 3.05) is 7.11 Å². The fraction of sp³-hybridized carbons (Fsp3) is 0.0667. The van der Waals surface area contributed by atoms with Crippen LogP contribution in [0.2, 0.25) is 5.02 Å². The summed E-state index contributed by atoms with van der Waals surface area (Å²) in [4.78, 5) is 30.6. The molecule has 1 unspecified atom stereocenters. The van der Waals surface area contributed by atoms with Crippen molar-refractivity contribution in [1.29, 1.82) is 0 Å². The van der Waals surface area contributed by atoms with Gasteiger partial charge in [-0.15, -0.1) is 0 Å². The van der Waals surface area contributed by atoms with Gasteiger partial charge in [0.2, 0.25) is 0 Å². The van der Waals surface area contributed by atoms with Crippen molar-refractivity contribution in [1.82, 2.24) is 25.3 Å². The summed E-state index contributed by atoms with van der Waals surface area (Å²) in [7, 11) is 1.58. The van der Waals surface area contributed by atoms with Crippen molar-refractivity contribution in [3.8, 4) is 28.3 Å². The molecular formula is C30H20ClN5O2. The molecule has 0 aliphatic heterocycles. The first-order chi connectivity index (χ1) is 18.6.